The summed E-state index contributed by atoms with van der Waals surface area (Å²) in [6.07, 6.45) is 1.53. The highest BCUT2D eigenvalue weighted by atomic mass is 32.1. The number of benzene rings is 1. The summed E-state index contributed by atoms with van der Waals surface area (Å²) in [5.41, 5.74) is 5.53. The Morgan fingerprint density at radius 2 is 1.96 bits per heavy atom. The van der Waals surface area contributed by atoms with Crippen molar-refractivity contribution in [2.24, 2.45) is 0 Å². The average Bonchev–Trinajstić information content (AvgIpc) is 3.26. The van der Waals surface area contributed by atoms with Gasteiger partial charge in [0.05, 0.1) is 5.69 Å². The molecule has 0 atom stereocenters. The van der Waals surface area contributed by atoms with Crippen molar-refractivity contribution in [2.75, 3.05) is 5.32 Å². The van der Waals surface area contributed by atoms with E-state index in [1.807, 2.05) is 61.2 Å². The molecule has 0 fully saturated rings. The van der Waals surface area contributed by atoms with E-state index < -0.39 is 5.91 Å². The van der Waals surface area contributed by atoms with Gasteiger partial charge in [0.15, 0.2) is 0 Å². The Labute approximate surface area is 160 Å². The summed E-state index contributed by atoms with van der Waals surface area (Å²) < 4.78 is 0. The van der Waals surface area contributed by atoms with E-state index in [1.165, 1.54) is 17.4 Å². The number of nitrogens with one attached hydrogen (secondary N) is 1. The molecule has 0 unspecified atom stereocenters. The Hall–Kier alpha value is -2.75. The number of aromatic nitrogens is 1. The van der Waals surface area contributed by atoms with Crippen molar-refractivity contribution in [3.05, 3.63) is 62.3 Å². The van der Waals surface area contributed by atoms with Gasteiger partial charge in [-0.1, -0.05) is 17.7 Å². The maximum absolute atomic E-state index is 12.5. The van der Waals surface area contributed by atoms with Gasteiger partial charge in [0.1, 0.15) is 16.6 Å². The zero-order valence-corrected chi connectivity index (χ0v) is 16.3. The molecule has 0 aliphatic rings. The highest BCUT2D eigenvalue weighted by Gasteiger charge is 2.14. The fourth-order valence-electron chi connectivity index (χ4n) is 2.73. The second-order valence-corrected chi connectivity index (χ2v) is 7.63. The molecule has 0 aliphatic carbocycles. The van der Waals surface area contributed by atoms with Crippen LogP contribution in [0.5, 0.6) is 0 Å². The van der Waals surface area contributed by atoms with Crippen LogP contribution in [0.15, 0.2) is 39.9 Å². The first-order valence-corrected chi connectivity index (χ1v) is 9.79. The lowest BCUT2D eigenvalue weighted by molar-refractivity contribution is -0.112. The molecule has 130 valence electrons. The van der Waals surface area contributed by atoms with E-state index in [0.29, 0.717) is 5.69 Å². The molecule has 0 bridgehead atoms. The highest BCUT2D eigenvalue weighted by molar-refractivity contribution is 7.14. The minimum Gasteiger partial charge on any atom is -0.321 e. The number of thiophene rings is 1. The van der Waals surface area contributed by atoms with Crippen LogP contribution in [0.25, 0.3) is 16.6 Å². The number of aryl methyl sites for hydroxylation is 3. The number of anilines is 1. The summed E-state index contributed by atoms with van der Waals surface area (Å²) in [5.74, 6) is -0.423. The molecule has 26 heavy (non-hydrogen) atoms. The number of carbonyl (C=O) groups excluding carboxylic acids is 1. The fourth-order valence-corrected chi connectivity index (χ4v) is 4.22. The molecule has 2 aromatic heterocycles. The van der Waals surface area contributed by atoms with E-state index in [0.717, 1.165) is 32.9 Å². The number of hydrogen-bond donors (Lipinski definition) is 1. The third-order valence-corrected chi connectivity index (χ3v) is 5.46. The predicted molar refractivity (Wildman–Crippen MR) is 108 cm³/mol. The second kappa shape index (κ2) is 7.65. The Morgan fingerprint density at radius 1 is 1.23 bits per heavy atom. The molecule has 0 saturated carbocycles. The molecule has 0 aliphatic heterocycles. The van der Waals surface area contributed by atoms with E-state index >= 15 is 0 Å². The van der Waals surface area contributed by atoms with Gasteiger partial charge in [0.25, 0.3) is 5.91 Å². The summed E-state index contributed by atoms with van der Waals surface area (Å²) in [6.45, 7) is 5.90. The molecule has 1 N–H and O–H groups in total. The van der Waals surface area contributed by atoms with Crippen molar-refractivity contribution >= 4 is 40.3 Å². The van der Waals surface area contributed by atoms with Gasteiger partial charge in [0.2, 0.25) is 0 Å². The molecule has 1 amide bonds. The van der Waals surface area contributed by atoms with Gasteiger partial charge in [-0.3, -0.25) is 4.79 Å². The predicted octanol–water partition coefficient (Wildman–Crippen LogP) is 5.34. The van der Waals surface area contributed by atoms with Crippen LogP contribution in [-0.2, 0) is 4.79 Å². The summed E-state index contributed by atoms with van der Waals surface area (Å²) in [4.78, 5) is 17.0. The molecule has 0 saturated heterocycles. The van der Waals surface area contributed by atoms with E-state index in [-0.39, 0.29) is 5.57 Å². The van der Waals surface area contributed by atoms with Gasteiger partial charge in [0, 0.05) is 22.0 Å². The molecule has 0 radical (unpaired) electrons. The molecule has 1 aromatic carbocycles. The molecule has 2 heterocycles. The van der Waals surface area contributed by atoms with E-state index in [1.54, 1.807) is 11.3 Å². The topological polar surface area (TPSA) is 65.8 Å². The Morgan fingerprint density at radius 3 is 2.58 bits per heavy atom. The van der Waals surface area contributed by atoms with Crippen molar-refractivity contribution in [3.8, 4) is 16.6 Å². The number of rotatable bonds is 4. The Kier molecular flexibility index (Phi) is 5.31. The third-order valence-electron chi connectivity index (χ3n) is 3.86. The zero-order valence-electron chi connectivity index (χ0n) is 14.7. The van der Waals surface area contributed by atoms with Crippen molar-refractivity contribution in [1.82, 2.24) is 4.98 Å². The van der Waals surface area contributed by atoms with Crippen molar-refractivity contribution in [1.29, 1.82) is 5.26 Å². The standard InChI is InChI=1S/C20H17N3OS2/c1-12-6-13(2)18(14(3)7-12)23-19(24)16(9-21)8-17-11-26-20(22-17)15-4-5-25-10-15/h4-8,10-11H,1-3H3,(H,23,24)/b16-8-. The van der Waals surface area contributed by atoms with E-state index in [9.17, 15) is 10.1 Å². The number of thiazole rings is 1. The van der Waals surface area contributed by atoms with Crippen LogP contribution in [0.1, 0.15) is 22.4 Å². The van der Waals surface area contributed by atoms with Crippen molar-refractivity contribution in [2.45, 2.75) is 20.8 Å². The highest BCUT2D eigenvalue weighted by Crippen LogP contribution is 2.27. The number of carbonyl (C=O) groups is 1. The largest absolute Gasteiger partial charge is 0.321 e. The number of amides is 1. The summed E-state index contributed by atoms with van der Waals surface area (Å²) in [7, 11) is 0. The summed E-state index contributed by atoms with van der Waals surface area (Å²) in [6, 6.07) is 7.99. The lowest BCUT2D eigenvalue weighted by Gasteiger charge is -2.12. The molecule has 3 aromatic rings. The van der Waals surface area contributed by atoms with Crippen LogP contribution >= 0.6 is 22.7 Å². The molecule has 6 heteroatoms. The molecular formula is C20H17N3OS2. The monoisotopic (exact) mass is 379 g/mol. The van der Waals surface area contributed by atoms with Gasteiger partial charge < -0.3 is 5.32 Å². The van der Waals surface area contributed by atoms with Crippen LogP contribution in [0.2, 0.25) is 0 Å². The fraction of sp³-hybridized carbons (Fsp3) is 0.150. The smallest absolute Gasteiger partial charge is 0.266 e. The Balaban J connectivity index is 1.84. The number of hydrogen-bond acceptors (Lipinski definition) is 5. The Bertz CT molecular complexity index is 1000. The zero-order chi connectivity index (χ0) is 18.7. The average molecular weight is 380 g/mol. The number of nitrogens with zero attached hydrogens (tertiary/aromatic N) is 2. The van der Waals surface area contributed by atoms with Crippen LogP contribution in [0.3, 0.4) is 0 Å². The van der Waals surface area contributed by atoms with Crippen molar-refractivity contribution in [3.63, 3.8) is 0 Å². The maximum Gasteiger partial charge on any atom is 0.266 e. The van der Waals surface area contributed by atoms with Gasteiger partial charge in [-0.15, -0.1) is 11.3 Å². The lowest BCUT2D eigenvalue weighted by Crippen LogP contribution is -2.15. The quantitative estimate of drug-likeness (QED) is 0.491. The van der Waals surface area contributed by atoms with Gasteiger partial charge in [-0.2, -0.15) is 16.6 Å². The maximum atomic E-state index is 12.5. The first kappa shape index (κ1) is 18.1. The first-order chi connectivity index (χ1) is 12.5. The third kappa shape index (κ3) is 3.90. The second-order valence-electron chi connectivity index (χ2n) is 5.99. The molecular weight excluding hydrogens is 362 g/mol. The normalized spacial score (nSPS) is 11.2. The van der Waals surface area contributed by atoms with Crippen LogP contribution in [-0.4, -0.2) is 10.9 Å². The van der Waals surface area contributed by atoms with E-state index in [4.69, 9.17) is 0 Å². The minimum absolute atomic E-state index is 0.0338. The van der Waals surface area contributed by atoms with Gasteiger partial charge in [-0.25, -0.2) is 4.98 Å². The lowest BCUT2D eigenvalue weighted by atomic mass is 10.0. The van der Waals surface area contributed by atoms with Gasteiger partial charge >= 0.3 is 0 Å². The van der Waals surface area contributed by atoms with Crippen LogP contribution in [0.4, 0.5) is 5.69 Å². The van der Waals surface area contributed by atoms with Crippen LogP contribution in [0, 0.1) is 32.1 Å². The van der Waals surface area contributed by atoms with Crippen molar-refractivity contribution < 1.29 is 4.79 Å². The summed E-state index contributed by atoms with van der Waals surface area (Å²) >= 11 is 3.10. The minimum atomic E-state index is -0.423. The van der Waals surface area contributed by atoms with E-state index in [2.05, 4.69) is 10.3 Å². The molecule has 0 spiro atoms. The molecule has 3 rings (SSSR count). The van der Waals surface area contributed by atoms with Crippen LogP contribution < -0.4 is 5.32 Å². The first-order valence-electron chi connectivity index (χ1n) is 7.97. The number of nitriles is 1. The SMILES string of the molecule is Cc1cc(C)c(NC(=O)/C(C#N)=C\c2csc(-c3ccsc3)n2)c(C)c1. The molecule has 4 nitrogen and oxygen atoms in total. The van der Waals surface area contributed by atoms with Gasteiger partial charge in [-0.05, 0) is 49.4 Å². The summed E-state index contributed by atoms with van der Waals surface area (Å²) in [5, 5.41) is 19.0.